The molecule has 0 spiro atoms. The molecule has 0 aliphatic rings. The zero-order chi connectivity index (χ0) is 14.4. The molecule has 0 radical (unpaired) electrons. The average Bonchev–Trinajstić information content (AvgIpc) is 2.43. The molecular formula is C15H19NO3. The second-order valence-corrected chi connectivity index (χ2v) is 4.44. The summed E-state index contributed by atoms with van der Waals surface area (Å²) in [5.41, 5.74) is 2.25. The maximum Gasteiger partial charge on any atom is 0.253 e. The minimum absolute atomic E-state index is 0.0682. The normalized spacial score (nSPS) is 11.4. The number of carbonyl (C=O) groups is 1. The van der Waals surface area contributed by atoms with Gasteiger partial charge in [0.05, 0.1) is 12.6 Å². The smallest absolute Gasteiger partial charge is 0.253 e. The fraction of sp³-hybridized carbons (Fsp3) is 0.400. The largest absolute Gasteiger partial charge is 0.394 e. The molecule has 0 aromatic heterocycles. The number of carbonyl (C=O) groups excluding carboxylic acids is 1. The third-order valence-electron chi connectivity index (χ3n) is 3.02. The van der Waals surface area contributed by atoms with Gasteiger partial charge in [-0.1, -0.05) is 11.8 Å². The highest BCUT2D eigenvalue weighted by Crippen LogP contribution is 2.13. The highest BCUT2D eigenvalue weighted by Gasteiger charge is 2.17. The molecule has 0 saturated carbocycles. The fourth-order valence-corrected chi connectivity index (χ4v) is 1.60. The minimum Gasteiger partial charge on any atom is -0.394 e. The molecule has 4 nitrogen and oxygen atoms in total. The predicted octanol–water partition coefficient (Wildman–Crippen LogP) is 0.792. The van der Waals surface area contributed by atoms with E-state index in [1.807, 2.05) is 6.92 Å². The minimum atomic E-state index is -0.221. The van der Waals surface area contributed by atoms with E-state index in [4.69, 9.17) is 10.2 Å². The summed E-state index contributed by atoms with van der Waals surface area (Å²) in [4.78, 5) is 13.7. The van der Waals surface area contributed by atoms with Crippen LogP contribution in [0.2, 0.25) is 0 Å². The summed E-state index contributed by atoms with van der Waals surface area (Å²) in [6, 6.07) is 5.02. The van der Waals surface area contributed by atoms with Crippen molar-refractivity contribution in [2.75, 3.05) is 20.3 Å². The monoisotopic (exact) mass is 261 g/mol. The summed E-state index contributed by atoms with van der Waals surface area (Å²) in [5.74, 6) is 5.28. The van der Waals surface area contributed by atoms with Crippen LogP contribution in [-0.4, -0.2) is 47.3 Å². The molecule has 0 aliphatic heterocycles. The van der Waals surface area contributed by atoms with E-state index < -0.39 is 0 Å². The standard InChI is InChI=1S/C15H19NO3/c1-11-9-14(7-6-13(11)5-4-8-17)15(19)16(3)12(2)10-18/h6-7,9,12,17-18H,8,10H2,1-3H3. The fourth-order valence-electron chi connectivity index (χ4n) is 1.60. The molecule has 1 aromatic rings. The average molecular weight is 261 g/mol. The zero-order valence-electron chi connectivity index (χ0n) is 11.5. The molecule has 102 valence electrons. The Morgan fingerprint density at radius 3 is 2.63 bits per heavy atom. The van der Waals surface area contributed by atoms with Crippen LogP contribution < -0.4 is 0 Å². The number of likely N-dealkylation sites (N-methyl/N-ethyl adjacent to an activating group) is 1. The first-order valence-electron chi connectivity index (χ1n) is 6.09. The van der Waals surface area contributed by atoms with Gasteiger partial charge in [0, 0.05) is 18.2 Å². The van der Waals surface area contributed by atoms with Gasteiger partial charge < -0.3 is 15.1 Å². The van der Waals surface area contributed by atoms with E-state index >= 15 is 0 Å². The van der Waals surface area contributed by atoms with Crippen LogP contribution in [0.15, 0.2) is 18.2 Å². The molecule has 0 bridgehead atoms. The van der Waals surface area contributed by atoms with E-state index in [-0.39, 0.29) is 25.2 Å². The quantitative estimate of drug-likeness (QED) is 0.791. The summed E-state index contributed by atoms with van der Waals surface area (Å²) in [6.45, 7) is 3.40. The Hall–Kier alpha value is -1.83. The van der Waals surface area contributed by atoms with Crippen molar-refractivity contribution in [3.63, 3.8) is 0 Å². The number of benzene rings is 1. The third-order valence-corrected chi connectivity index (χ3v) is 3.02. The van der Waals surface area contributed by atoms with Gasteiger partial charge in [-0.05, 0) is 37.6 Å². The van der Waals surface area contributed by atoms with E-state index in [0.29, 0.717) is 5.56 Å². The number of aliphatic hydroxyl groups is 2. The van der Waals surface area contributed by atoms with Gasteiger partial charge >= 0.3 is 0 Å². The first-order chi connectivity index (χ1) is 9.01. The molecule has 0 aliphatic carbocycles. The van der Waals surface area contributed by atoms with Gasteiger partial charge in [-0.25, -0.2) is 0 Å². The van der Waals surface area contributed by atoms with Crippen LogP contribution in [0.3, 0.4) is 0 Å². The van der Waals surface area contributed by atoms with E-state index in [1.54, 1.807) is 32.2 Å². The van der Waals surface area contributed by atoms with Crippen molar-refractivity contribution >= 4 is 5.91 Å². The molecule has 0 heterocycles. The van der Waals surface area contributed by atoms with Crippen LogP contribution in [0.25, 0.3) is 0 Å². The van der Waals surface area contributed by atoms with Gasteiger partial charge in [0.15, 0.2) is 0 Å². The molecule has 1 amide bonds. The highest BCUT2D eigenvalue weighted by molar-refractivity contribution is 5.94. The van der Waals surface area contributed by atoms with Gasteiger partial charge in [-0.15, -0.1) is 0 Å². The summed E-state index contributed by atoms with van der Waals surface area (Å²) in [6.07, 6.45) is 0. The van der Waals surface area contributed by atoms with Crippen LogP contribution in [0.4, 0.5) is 0 Å². The summed E-state index contributed by atoms with van der Waals surface area (Å²) < 4.78 is 0. The maximum absolute atomic E-state index is 12.2. The van der Waals surface area contributed by atoms with Gasteiger partial charge in [0.2, 0.25) is 0 Å². The lowest BCUT2D eigenvalue weighted by molar-refractivity contribution is 0.0682. The van der Waals surface area contributed by atoms with Crippen molar-refractivity contribution < 1.29 is 15.0 Å². The summed E-state index contributed by atoms with van der Waals surface area (Å²) in [5, 5.41) is 17.7. The SMILES string of the molecule is Cc1cc(C(=O)N(C)C(C)CO)ccc1C#CCO. The molecule has 0 fully saturated rings. The van der Waals surface area contributed by atoms with Crippen LogP contribution in [0.1, 0.15) is 28.4 Å². The Labute approximate surface area is 113 Å². The van der Waals surface area contributed by atoms with Crippen molar-refractivity contribution in [2.45, 2.75) is 19.9 Å². The van der Waals surface area contributed by atoms with Gasteiger partial charge in [-0.3, -0.25) is 4.79 Å². The van der Waals surface area contributed by atoms with E-state index in [2.05, 4.69) is 11.8 Å². The first kappa shape index (κ1) is 15.2. The Morgan fingerprint density at radius 1 is 1.42 bits per heavy atom. The molecular weight excluding hydrogens is 242 g/mol. The van der Waals surface area contributed by atoms with Crippen molar-refractivity contribution in [3.05, 3.63) is 34.9 Å². The maximum atomic E-state index is 12.2. The molecule has 1 atom stereocenters. The van der Waals surface area contributed by atoms with Crippen LogP contribution in [0.5, 0.6) is 0 Å². The van der Waals surface area contributed by atoms with Crippen molar-refractivity contribution in [1.82, 2.24) is 4.90 Å². The topological polar surface area (TPSA) is 60.8 Å². The van der Waals surface area contributed by atoms with E-state index in [0.717, 1.165) is 11.1 Å². The second-order valence-electron chi connectivity index (χ2n) is 4.44. The summed E-state index contributed by atoms with van der Waals surface area (Å²) in [7, 11) is 1.66. The van der Waals surface area contributed by atoms with E-state index in [1.165, 1.54) is 4.90 Å². The Kier molecular flexibility index (Phi) is 5.56. The number of amides is 1. The number of hydrogen-bond donors (Lipinski definition) is 2. The number of rotatable bonds is 3. The van der Waals surface area contributed by atoms with Crippen molar-refractivity contribution in [1.29, 1.82) is 0 Å². The zero-order valence-corrected chi connectivity index (χ0v) is 11.5. The lowest BCUT2D eigenvalue weighted by atomic mass is 10.0. The molecule has 2 N–H and O–H groups in total. The number of aryl methyl sites for hydroxylation is 1. The van der Waals surface area contributed by atoms with Crippen molar-refractivity contribution in [3.8, 4) is 11.8 Å². The molecule has 4 heteroatoms. The molecule has 1 rings (SSSR count). The first-order valence-corrected chi connectivity index (χ1v) is 6.09. The van der Waals surface area contributed by atoms with E-state index in [9.17, 15) is 4.79 Å². The van der Waals surface area contributed by atoms with Crippen LogP contribution in [-0.2, 0) is 0 Å². The third kappa shape index (κ3) is 3.82. The van der Waals surface area contributed by atoms with Gasteiger partial charge in [0.1, 0.15) is 6.61 Å². The molecule has 1 aromatic carbocycles. The number of nitrogens with zero attached hydrogens (tertiary/aromatic N) is 1. The predicted molar refractivity (Wildman–Crippen MR) is 73.8 cm³/mol. The highest BCUT2D eigenvalue weighted by atomic mass is 16.3. The molecule has 1 unspecified atom stereocenters. The Morgan fingerprint density at radius 2 is 2.11 bits per heavy atom. The van der Waals surface area contributed by atoms with Crippen LogP contribution >= 0.6 is 0 Å². The van der Waals surface area contributed by atoms with Gasteiger partial charge in [0.25, 0.3) is 5.91 Å². The number of aliphatic hydroxyl groups excluding tert-OH is 2. The lowest BCUT2D eigenvalue weighted by Crippen LogP contribution is -2.37. The number of hydrogen-bond acceptors (Lipinski definition) is 3. The van der Waals surface area contributed by atoms with Crippen LogP contribution in [0, 0.1) is 18.8 Å². The molecule has 19 heavy (non-hydrogen) atoms. The summed E-state index contributed by atoms with van der Waals surface area (Å²) >= 11 is 0. The molecule has 0 saturated heterocycles. The lowest BCUT2D eigenvalue weighted by Gasteiger charge is -2.23. The second kappa shape index (κ2) is 6.93. The van der Waals surface area contributed by atoms with Crippen molar-refractivity contribution in [2.24, 2.45) is 0 Å². The van der Waals surface area contributed by atoms with Gasteiger partial charge in [-0.2, -0.15) is 0 Å². The Bertz CT molecular complexity index is 514. The Balaban J connectivity index is 2.98.